The summed E-state index contributed by atoms with van der Waals surface area (Å²) in [7, 11) is -3.65. The summed E-state index contributed by atoms with van der Waals surface area (Å²) in [6.07, 6.45) is 0.149. The van der Waals surface area contributed by atoms with Crippen molar-refractivity contribution in [3.05, 3.63) is 53.6 Å². The fourth-order valence-corrected chi connectivity index (χ4v) is 3.55. The molecule has 146 valence electrons. The van der Waals surface area contributed by atoms with Gasteiger partial charge in [-0.05, 0) is 43.7 Å². The lowest BCUT2D eigenvalue weighted by molar-refractivity contribution is -0.116. The van der Waals surface area contributed by atoms with Crippen LogP contribution in [0.3, 0.4) is 0 Å². The zero-order valence-electron chi connectivity index (χ0n) is 15.5. The Balaban J connectivity index is 1.91. The van der Waals surface area contributed by atoms with Crippen molar-refractivity contribution in [2.24, 2.45) is 5.73 Å². The van der Waals surface area contributed by atoms with Crippen LogP contribution in [0.15, 0.2) is 47.4 Å². The Labute approximate surface area is 160 Å². The van der Waals surface area contributed by atoms with Crippen LogP contribution in [0.5, 0.6) is 5.75 Å². The van der Waals surface area contributed by atoms with Crippen molar-refractivity contribution in [3.63, 3.8) is 0 Å². The molecule has 0 saturated carbocycles. The van der Waals surface area contributed by atoms with Crippen LogP contribution >= 0.6 is 0 Å². The molecule has 0 saturated heterocycles. The number of benzene rings is 2. The lowest BCUT2D eigenvalue weighted by Gasteiger charge is -2.11. The average Bonchev–Trinajstić information content (AvgIpc) is 2.62. The lowest BCUT2D eigenvalue weighted by Crippen LogP contribution is -2.29. The average molecular weight is 391 g/mol. The molecule has 8 heteroatoms. The standard InChI is InChI=1S/C19H25N3O4S/c1-14-6-7-18(15(2)12-14)26-11-8-19(23)22-16-4-3-5-17(13-16)27(24,25)21-10-9-20/h3-7,12-13,21H,8-11,20H2,1-2H3,(H,22,23). The number of sulfonamides is 1. The molecule has 0 aromatic heterocycles. The number of aryl methyl sites for hydroxylation is 2. The third-order valence-corrected chi connectivity index (χ3v) is 5.24. The van der Waals surface area contributed by atoms with E-state index < -0.39 is 10.0 Å². The fraction of sp³-hybridized carbons (Fsp3) is 0.316. The second-order valence-electron chi connectivity index (χ2n) is 6.13. The molecule has 2 aromatic carbocycles. The molecule has 4 N–H and O–H groups in total. The molecule has 0 spiro atoms. The Morgan fingerprint density at radius 3 is 2.63 bits per heavy atom. The van der Waals surface area contributed by atoms with E-state index in [2.05, 4.69) is 10.0 Å². The molecule has 2 rings (SSSR count). The van der Waals surface area contributed by atoms with Crippen LogP contribution in [0.4, 0.5) is 5.69 Å². The highest BCUT2D eigenvalue weighted by molar-refractivity contribution is 7.89. The van der Waals surface area contributed by atoms with Crippen molar-refractivity contribution in [2.75, 3.05) is 25.0 Å². The second kappa shape index (κ2) is 9.50. The van der Waals surface area contributed by atoms with Crippen molar-refractivity contribution >= 4 is 21.6 Å². The highest BCUT2D eigenvalue weighted by Crippen LogP contribution is 2.19. The molecule has 0 radical (unpaired) electrons. The highest BCUT2D eigenvalue weighted by atomic mass is 32.2. The summed E-state index contributed by atoms with van der Waals surface area (Å²) >= 11 is 0. The molecule has 0 aliphatic rings. The number of carbonyl (C=O) groups is 1. The van der Waals surface area contributed by atoms with Gasteiger partial charge < -0.3 is 15.8 Å². The number of ether oxygens (including phenoxy) is 1. The summed E-state index contributed by atoms with van der Waals surface area (Å²) in [5.41, 5.74) is 7.88. The van der Waals surface area contributed by atoms with Crippen LogP contribution in [-0.4, -0.2) is 34.0 Å². The SMILES string of the molecule is Cc1ccc(OCCC(=O)Nc2cccc(S(=O)(=O)NCCN)c2)c(C)c1. The van der Waals surface area contributed by atoms with Crippen LogP contribution in [0.2, 0.25) is 0 Å². The van der Waals surface area contributed by atoms with E-state index >= 15 is 0 Å². The Bertz CT molecular complexity index is 898. The second-order valence-corrected chi connectivity index (χ2v) is 7.90. The third-order valence-electron chi connectivity index (χ3n) is 3.78. The topological polar surface area (TPSA) is 111 Å². The van der Waals surface area contributed by atoms with Crippen LogP contribution in [-0.2, 0) is 14.8 Å². The number of nitrogens with two attached hydrogens (primary N) is 1. The van der Waals surface area contributed by atoms with Gasteiger partial charge in [-0.3, -0.25) is 4.79 Å². The first-order valence-electron chi connectivity index (χ1n) is 8.61. The largest absolute Gasteiger partial charge is 0.493 e. The minimum Gasteiger partial charge on any atom is -0.493 e. The Morgan fingerprint density at radius 2 is 1.93 bits per heavy atom. The summed E-state index contributed by atoms with van der Waals surface area (Å²) in [6, 6.07) is 11.9. The van der Waals surface area contributed by atoms with E-state index in [1.54, 1.807) is 12.1 Å². The van der Waals surface area contributed by atoms with E-state index in [4.69, 9.17) is 10.5 Å². The first kappa shape index (κ1) is 20.9. The summed E-state index contributed by atoms with van der Waals surface area (Å²) in [4.78, 5) is 12.2. The molecule has 2 aromatic rings. The zero-order chi connectivity index (χ0) is 19.9. The van der Waals surface area contributed by atoms with Crippen molar-refractivity contribution in [1.82, 2.24) is 4.72 Å². The number of nitrogens with one attached hydrogen (secondary N) is 2. The molecule has 0 heterocycles. The molecule has 27 heavy (non-hydrogen) atoms. The number of anilines is 1. The van der Waals surface area contributed by atoms with E-state index in [-0.39, 0.29) is 36.9 Å². The maximum atomic E-state index is 12.1. The van der Waals surface area contributed by atoms with E-state index in [1.807, 2.05) is 32.0 Å². The van der Waals surface area contributed by atoms with Gasteiger partial charge in [0, 0.05) is 18.8 Å². The fourth-order valence-electron chi connectivity index (χ4n) is 2.46. The first-order valence-corrected chi connectivity index (χ1v) is 10.1. The molecule has 1 amide bonds. The van der Waals surface area contributed by atoms with Gasteiger partial charge in [-0.1, -0.05) is 23.8 Å². The highest BCUT2D eigenvalue weighted by Gasteiger charge is 2.14. The van der Waals surface area contributed by atoms with Gasteiger partial charge in [0.05, 0.1) is 17.9 Å². The quantitative estimate of drug-likeness (QED) is 0.605. The first-order chi connectivity index (χ1) is 12.8. The van der Waals surface area contributed by atoms with Crippen LogP contribution in [0, 0.1) is 13.8 Å². The zero-order valence-corrected chi connectivity index (χ0v) is 16.3. The van der Waals surface area contributed by atoms with Crippen LogP contribution in [0.1, 0.15) is 17.5 Å². The Hall–Kier alpha value is -2.42. The van der Waals surface area contributed by atoms with Gasteiger partial charge in [-0.2, -0.15) is 0 Å². The number of amides is 1. The molecule has 0 fully saturated rings. The Kier molecular flexibility index (Phi) is 7.35. The van der Waals surface area contributed by atoms with Crippen molar-refractivity contribution in [2.45, 2.75) is 25.2 Å². The number of hydrogen-bond donors (Lipinski definition) is 3. The van der Waals surface area contributed by atoms with Crippen LogP contribution in [0.25, 0.3) is 0 Å². The van der Waals surface area contributed by atoms with Crippen molar-refractivity contribution in [1.29, 1.82) is 0 Å². The number of hydrogen-bond acceptors (Lipinski definition) is 5. The lowest BCUT2D eigenvalue weighted by atomic mass is 10.1. The molecule has 0 unspecified atom stereocenters. The maximum absolute atomic E-state index is 12.1. The summed E-state index contributed by atoms with van der Waals surface area (Å²) in [6.45, 7) is 4.54. The predicted octanol–water partition coefficient (Wildman–Crippen LogP) is 1.95. The van der Waals surface area contributed by atoms with Gasteiger partial charge in [0.2, 0.25) is 15.9 Å². The molecule has 0 bridgehead atoms. The smallest absolute Gasteiger partial charge is 0.240 e. The number of carbonyl (C=O) groups excluding carboxylic acids is 1. The van der Waals surface area contributed by atoms with E-state index in [1.165, 1.54) is 12.1 Å². The van der Waals surface area contributed by atoms with Gasteiger partial charge in [-0.15, -0.1) is 0 Å². The van der Waals surface area contributed by atoms with Crippen LogP contribution < -0.4 is 20.5 Å². The number of rotatable bonds is 9. The van der Waals surface area contributed by atoms with Crippen molar-refractivity contribution < 1.29 is 17.9 Å². The van der Waals surface area contributed by atoms with E-state index in [0.717, 1.165) is 16.9 Å². The van der Waals surface area contributed by atoms with E-state index in [9.17, 15) is 13.2 Å². The maximum Gasteiger partial charge on any atom is 0.240 e. The molecular weight excluding hydrogens is 366 g/mol. The Morgan fingerprint density at radius 1 is 1.15 bits per heavy atom. The van der Waals surface area contributed by atoms with Gasteiger partial charge in [-0.25, -0.2) is 13.1 Å². The molecule has 0 aliphatic heterocycles. The van der Waals surface area contributed by atoms with Gasteiger partial charge in [0.25, 0.3) is 0 Å². The summed E-state index contributed by atoms with van der Waals surface area (Å²) < 4.78 is 32.3. The minimum atomic E-state index is -3.65. The molecular formula is C19H25N3O4S. The van der Waals surface area contributed by atoms with Gasteiger partial charge in [0.1, 0.15) is 5.75 Å². The minimum absolute atomic E-state index is 0.0697. The normalized spacial score (nSPS) is 11.2. The summed E-state index contributed by atoms with van der Waals surface area (Å²) in [5.74, 6) is 0.483. The third kappa shape index (κ3) is 6.35. The molecule has 7 nitrogen and oxygen atoms in total. The van der Waals surface area contributed by atoms with Gasteiger partial charge >= 0.3 is 0 Å². The molecule has 0 atom stereocenters. The monoisotopic (exact) mass is 391 g/mol. The van der Waals surface area contributed by atoms with Crippen molar-refractivity contribution in [3.8, 4) is 5.75 Å². The summed E-state index contributed by atoms with van der Waals surface area (Å²) in [5, 5.41) is 2.68. The van der Waals surface area contributed by atoms with E-state index in [0.29, 0.717) is 5.69 Å². The molecule has 0 aliphatic carbocycles. The predicted molar refractivity (Wildman–Crippen MR) is 105 cm³/mol. The van der Waals surface area contributed by atoms with Gasteiger partial charge in [0.15, 0.2) is 0 Å².